The first-order chi connectivity index (χ1) is 17.8. The molecule has 0 aliphatic heterocycles. The second-order valence-corrected chi connectivity index (χ2v) is 9.47. The van der Waals surface area contributed by atoms with Crippen LogP contribution < -0.4 is 10.1 Å². The molecule has 2 aromatic carbocycles. The van der Waals surface area contributed by atoms with Gasteiger partial charge in [0.05, 0.1) is 12.1 Å². The topological polar surface area (TPSA) is 98.6 Å². The summed E-state index contributed by atoms with van der Waals surface area (Å²) in [7, 11) is 0. The summed E-state index contributed by atoms with van der Waals surface area (Å²) < 4.78 is 13.0. The van der Waals surface area contributed by atoms with Gasteiger partial charge in [0, 0.05) is 30.9 Å². The number of benzene rings is 2. The minimum absolute atomic E-state index is 0.0487. The maximum Gasteiger partial charge on any atom is 0.248 e. The Balaban J connectivity index is 2.03. The minimum atomic E-state index is -0.891. The predicted molar refractivity (Wildman–Crippen MR) is 143 cm³/mol. The van der Waals surface area contributed by atoms with Crippen LogP contribution in [0.5, 0.6) is 5.75 Å². The molecular weight excluding hydrogens is 470 g/mol. The Morgan fingerprint density at radius 3 is 2.51 bits per heavy atom. The summed E-state index contributed by atoms with van der Waals surface area (Å²) in [4.78, 5) is 29.4. The van der Waals surface area contributed by atoms with Crippen molar-refractivity contribution >= 4 is 22.8 Å². The van der Waals surface area contributed by atoms with Crippen LogP contribution in [0.2, 0.25) is 0 Å². The lowest BCUT2D eigenvalue weighted by Gasteiger charge is -2.35. The van der Waals surface area contributed by atoms with E-state index in [4.69, 9.17) is 9.47 Å². The second kappa shape index (κ2) is 13.2. The highest BCUT2D eigenvalue weighted by Crippen LogP contribution is 2.31. The van der Waals surface area contributed by atoms with Crippen LogP contribution in [0.3, 0.4) is 0 Å². The molecule has 37 heavy (non-hydrogen) atoms. The Kier molecular flexibility index (Phi) is 10.0. The number of carbonyl (C=O) groups is 2. The van der Waals surface area contributed by atoms with Gasteiger partial charge in [-0.05, 0) is 58.7 Å². The predicted octanol–water partition coefficient (Wildman–Crippen LogP) is 4.13. The van der Waals surface area contributed by atoms with Crippen LogP contribution in [-0.2, 0) is 20.9 Å². The molecule has 3 aromatic rings. The van der Waals surface area contributed by atoms with E-state index in [1.807, 2.05) is 83.1 Å². The van der Waals surface area contributed by atoms with Crippen molar-refractivity contribution in [3.8, 4) is 5.75 Å². The van der Waals surface area contributed by atoms with E-state index in [9.17, 15) is 9.59 Å². The summed E-state index contributed by atoms with van der Waals surface area (Å²) >= 11 is 0. The molecule has 0 fully saturated rings. The van der Waals surface area contributed by atoms with E-state index in [1.165, 1.54) is 0 Å². The van der Waals surface area contributed by atoms with Crippen LogP contribution in [0.25, 0.3) is 11.0 Å². The van der Waals surface area contributed by atoms with Crippen LogP contribution in [0.4, 0.5) is 0 Å². The van der Waals surface area contributed by atoms with E-state index in [1.54, 1.807) is 9.58 Å². The van der Waals surface area contributed by atoms with Crippen molar-refractivity contribution < 1.29 is 19.1 Å². The molecule has 9 nitrogen and oxygen atoms in total. The van der Waals surface area contributed by atoms with Crippen molar-refractivity contribution in [2.45, 2.75) is 65.6 Å². The monoisotopic (exact) mass is 509 g/mol. The first-order valence-corrected chi connectivity index (χ1v) is 13.0. The maximum absolute atomic E-state index is 13.9. The number of ether oxygens (including phenoxy) is 2. The summed E-state index contributed by atoms with van der Waals surface area (Å²) in [6, 6.07) is 14.0. The van der Waals surface area contributed by atoms with Gasteiger partial charge >= 0.3 is 0 Å². The van der Waals surface area contributed by atoms with Gasteiger partial charge in [-0.25, -0.2) is 4.68 Å². The van der Waals surface area contributed by atoms with E-state index < -0.39 is 11.6 Å². The second-order valence-electron chi connectivity index (χ2n) is 9.47. The van der Waals surface area contributed by atoms with Crippen molar-refractivity contribution in [2.24, 2.45) is 0 Å². The number of nitrogens with one attached hydrogen (secondary N) is 1. The average molecular weight is 510 g/mol. The average Bonchev–Trinajstić information content (AvgIpc) is 3.29. The molecular formula is C28H39N5O4. The molecule has 0 saturated carbocycles. The number of hydrogen-bond donors (Lipinski definition) is 1. The number of carbonyl (C=O) groups excluding carboxylic acids is 2. The van der Waals surface area contributed by atoms with Gasteiger partial charge in [0.25, 0.3) is 0 Å². The highest BCUT2D eigenvalue weighted by atomic mass is 16.5. The van der Waals surface area contributed by atoms with Crippen molar-refractivity contribution in [2.75, 3.05) is 26.4 Å². The Morgan fingerprint density at radius 1 is 1.05 bits per heavy atom. The van der Waals surface area contributed by atoms with Crippen LogP contribution in [0, 0.1) is 0 Å². The maximum atomic E-state index is 13.9. The number of para-hydroxylation sites is 2. The summed E-state index contributed by atoms with van der Waals surface area (Å²) in [5, 5.41) is 11.5. The van der Waals surface area contributed by atoms with Crippen LogP contribution in [-0.4, -0.2) is 63.6 Å². The fourth-order valence-corrected chi connectivity index (χ4v) is 4.07. The standard InChI is InChI=1S/C28H39N5O4/c1-6-28(4,5)29-27(35)26(21-14-9-12-17-24(21)37-8-3)32(18-13-19-36-7-2)25(34)20-33-23-16-11-10-15-22(23)30-31-33/h9-12,14-17,26H,6-8,13,18-20H2,1-5H3,(H,29,35). The summed E-state index contributed by atoms with van der Waals surface area (Å²) in [5.41, 5.74) is 1.66. The van der Waals surface area contributed by atoms with Gasteiger partial charge in [0.15, 0.2) is 0 Å². The molecule has 1 aromatic heterocycles. The number of fused-ring (bicyclic) bond motifs is 1. The zero-order valence-electron chi connectivity index (χ0n) is 22.6. The number of hydrogen-bond acceptors (Lipinski definition) is 6. The van der Waals surface area contributed by atoms with E-state index in [2.05, 4.69) is 15.6 Å². The first-order valence-electron chi connectivity index (χ1n) is 13.0. The smallest absolute Gasteiger partial charge is 0.248 e. The molecule has 0 aliphatic rings. The molecule has 3 rings (SSSR count). The summed E-state index contributed by atoms with van der Waals surface area (Å²) in [6.07, 6.45) is 1.32. The first kappa shape index (κ1) is 28.1. The van der Waals surface area contributed by atoms with E-state index in [-0.39, 0.29) is 18.4 Å². The molecule has 2 amide bonds. The number of rotatable bonds is 14. The third kappa shape index (κ3) is 7.29. The molecule has 0 radical (unpaired) electrons. The van der Waals surface area contributed by atoms with E-state index in [0.717, 1.165) is 11.9 Å². The van der Waals surface area contributed by atoms with Gasteiger partial charge in [-0.1, -0.05) is 42.5 Å². The largest absolute Gasteiger partial charge is 0.494 e. The van der Waals surface area contributed by atoms with Gasteiger partial charge in [0.2, 0.25) is 11.8 Å². The zero-order valence-corrected chi connectivity index (χ0v) is 22.6. The quantitative estimate of drug-likeness (QED) is 0.328. The molecule has 200 valence electrons. The fourth-order valence-electron chi connectivity index (χ4n) is 4.07. The van der Waals surface area contributed by atoms with Crippen molar-refractivity contribution in [1.29, 1.82) is 0 Å². The lowest BCUT2D eigenvalue weighted by Crippen LogP contribution is -2.51. The van der Waals surface area contributed by atoms with Crippen LogP contribution in [0.1, 0.15) is 59.1 Å². The minimum Gasteiger partial charge on any atom is -0.494 e. The number of nitrogens with zero attached hydrogens (tertiary/aromatic N) is 4. The van der Waals surface area contributed by atoms with Crippen molar-refractivity contribution in [3.63, 3.8) is 0 Å². The molecule has 1 heterocycles. The molecule has 0 saturated heterocycles. The lowest BCUT2D eigenvalue weighted by molar-refractivity contribution is -0.142. The van der Waals surface area contributed by atoms with Crippen molar-refractivity contribution in [1.82, 2.24) is 25.2 Å². The fraction of sp³-hybridized carbons (Fsp3) is 0.500. The van der Waals surface area contributed by atoms with Gasteiger partial charge < -0.3 is 19.7 Å². The Labute approximate surface area is 219 Å². The SMILES string of the molecule is CCOCCCN(C(=O)Cn1nnc2ccccc21)C(C(=O)NC(C)(C)CC)c1ccccc1OCC. The summed E-state index contributed by atoms with van der Waals surface area (Å²) in [6.45, 7) is 11.6. The highest BCUT2D eigenvalue weighted by Gasteiger charge is 2.35. The van der Waals surface area contributed by atoms with E-state index in [0.29, 0.717) is 49.6 Å². The van der Waals surface area contributed by atoms with E-state index >= 15 is 0 Å². The summed E-state index contributed by atoms with van der Waals surface area (Å²) in [5.74, 6) is 0.0772. The van der Waals surface area contributed by atoms with Gasteiger partial charge in [-0.2, -0.15) is 0 Å². The van der Waals surface area contributed by atoms with Crippen LogP contribution >= 0.6 is 0 Å². The van der Waals surface area contributed by atoms with Gasteiger partial charge in [0.1, 0.15) is 23.9 Å². The van der Waals surface area contributed by atoms with Gasteiger partial charge in [-0.3, -0.25) is 9.59 Å². The normalized spacial score (nSPS) is 12.4. The molecule has 9 heteroatoms. The molecule has 1 atom stereocenters. The number of aromatic nitrogens is 3. The molecule has 1 N–H and O–H groups in total. The zero-order chi connectivity index (χ0) is 26.8. The Bertz CT molecular complexity index is 1180. The molecule has 0 spiro atoms. The van der Waals surface area contributed by atoms with Crippen molar-refractivity contribution in [3.05, 3.63) is 54.1 Å². The third-order valence-electron chi connectivity index (χ3n) is 6.34. The van der Waals surface area contributed by atoms with Crippen LogP contribution in [0.15, 0.2) is 48.5 Å². The third-order valence-corrected chi connectivity index (χ3v) is 6.34. The highest BCUT2D eigenvalue weighted by molar-refractivity contribution is 5.90. The Hall–Kier alpha value is -3.46. The molecule has 1 unspecified atom stereocenters. The van der Waals surface area contributed by atoms with Gasteiger partial charge in [-0.15, -0.1) is 5.10 Å². The molecule has 0 bridgehead atoms. The Morgan fingerprint density at radius 2 is 1.78 bits per heavy atom. The molecule has 0 aliphatic carbocycles. The number of amides is 2. The lowest BCUT2D eigenvalue weighted by atomic mass is 9.98.